The van der Waals surface area contributed by atoms with Crippen LogP contribution in [0.3, 0.4) is 0 Å². The predicted molar refractivity (Wildman–Crippen MR) is 80.9 cm³/mol. The Morgan fingerprint density at radius 2 is 2.16 bits per heavy atom. The molecular formula is C14H13N3S2. The van der Waals surface area contributed by atoms with Crippen molar-refractivity contribution >= 4 is 38.7 Å². The van der Waals surface area contributed by atoms with Crippen molar-refractivity contribution in [2.24, 2.45) is 0 Å². The van der Waals surface area contributed by atoms with Gasteiger partial charge >= 0.3 is 0 Å². The third-order valence-corrected chi connectivity index (χ3v) is 5.05. The number of aromatic nitrogens is 2. The summed E-state index contributed by atoms with van der Waals surface area (Å²) in [7, 11) is 0. The quantitative estimate of drug-likeness (QED) is 0.728. The monoisotopic (exact) mass is 287 g/mol. The van der Waals surface area contributed by atoms with Crippen LogP contribution in [-0.2, 0) is 6.54 Å². The van der Waals surface area contributed by atoms with Crippen molar-refractivity contribution in [3.05, 3.63) is 40.2 Å². The SMILES string of the molecule is c1nc(N(Cc2ccsc2)C2CC2)c2sccc2n1. The first-order chi connectivity index (χ1) is 9.42. The Kier molecular flexibility index (Phi) is 2.74. The summed E-state index contributed by atoms with van der Waals surface area (Å²) < 4.78 is 1.21. The third-order valence-electron chi connectivity index (χ3n) is 3.42. The fraction of sp³-hybridized carbons (Fsp3) is 0.286. The lowest BCUT2D eigenvalue weighted by Gasteiger charge is -2.23. The molecule has 0 radical (unpaired) electrons. The zero-order valence-corrected chi connectivity index (χ0v) is 12.0. The second-order valence-electron chi connectivity index (χ2n) is 4.82. The molecule has 0 aliphatic heterocycles. The van der Waals surface area contributed by atoms with E-state index in [1.807, 2.05) is 0 Å². The Labute approximate surface area is 119 Å². The van der Waals surface area contributed by atoms with Crippen LogP contribution in [0.5, 0.6) is 0 Å². The van der Waals surface area contributed by atoms with E-state index in [0.29, 0.717) is 6.04 Å². The molecule has 0 unspecified atom stereocenters. The molecule has 5 heteroatoms. The number of rotatable bonds is 4. The molecule has 4 rings (SSSR count). The highest BCUT2D eigenvalue weighted by Gasteiger charge is 2.31. The van der Waals surface area contributed by atoms with Crippen LogP contribution in [-0.4, -0.2) is 16.0 Å². The molecule has 1 aliphatic rings. The molecule has 1 fully saturated rings. The minimum atomic E-state index is 0.653. The van der Waals surface area contributed by atoms with E-state index in [4.69, 9.17) is 0 Å². The van der Waals surface area contributed by atoms with Crippen molar-refractivity contribution in [1.82, 2.24) is 9.97 Å². The van der Waals surface area contributed by atoms with E-state index in [-0.39, 0.29) is 0 Å². The van der Waals surface area contributed by atoms with Gasteiger partial charge in [-0.15, -0.1) is 11.3 Å². The van der Waals surface area contributed by atoms with Gasteiger partial charge in [0.15, 0.2) is 5.82 Å². The summed E-state index contributed by atoms with van der Waals surface area (Å²) in [6.07, 6.45) is 4.25. The Bertz CT molecular complexity index is 686. The van der Waals surface area contributed by atoms with Gasteiger partial charge in [0.1, 0.15) is 6.33 Å². The highest BCUT2D eigenvalue weighted by atomic mass is 32.1. The summed E-state index contributed by atoms with van der Waals surface area (Å²) in [5, 5.41) is 6.46. The molecule has 0 spiro atoms. The molecule has 1 aliphatic carbocycles. The van der Waals surface area contributed by atoms with Gasteiger partial charge < -0.3 is 4.90 Å². The minimum absolute atomic E-state index is 0.653. The Morgan fingerprint density at radius 3 is 2.95 bits per heavy atom. The molecular weight excluding hydrogens is 274 g/mol. The van der Waals surface area contributed by atoms with E-state index < -0.39 is 0 Å². The van der Waals surface area contributed by atoms with Crippen LogP contribution in [0.15, 0.2) is 34.6 Å². The Balaban J connectivity index is 1.76. The fourth-order valence-electron chi connectivity index (χ4n) is 2.32. The molecule has 3 aromatic rings. The zero-order chi connectivity index (χ0) is 12.7. The van der Waals surface area contributed by atoms with Gasteiger partial charge in [0.25, 0.3) is 0 Å². The third kappa shape index (κ3) is 2.13. The highest BCUT2D eigenvalue weighted by molar-refractivity contribution is 7.17. The van der Waals surface area contributed by atoms with Crippen molar-refractivity contribution in [2.75, 3.05) is 4.90 Å². The van der Waals surface area contributed by atoms with E-state index in [1.54, 1.807) is 29.0 Å². The van der Waals surface area contributed by atoms with Crippen LogP contribution in [0.4, 0.5) is 5.82 Å². The number of hydrogen-bond acceptors (Lipinski definition) is 5. The Morgan fingerprint density at radius 1 is 1.21 bits per heavy atom. The van der Waals surface area contributed by atoms with Gasteiger partial charge in [0.2, 0.25) is 0 Å². The number of hydrogen-bond donors (Lipinski definition) is 0. The van der Waals surface area contributed by atoms with Crippen molar-refractivity contribution in [1.29, 1.82) is 0 Å². The van der Waals surface area contributed by atoms with Gasteiger partial charge in [-0.1, -0.05) is 0 Å². The largest absolute Gasteiger partial charge is 0.348 e. The number of nitrogens with zero attached hydrogens (tertiary/aromatic N) is 3. The number of anilines is 1. The van der Waals surface area contributed by atoms with Gasteiger partial charge in [-0.2, -0.15) is 11.3 Å². The zero-order valence-electron chi connectivity index (χ0n) is 10.3. The van der Waals surface area contributed by atoms with Gasteiger partial charge in [-0.05, 0) is 46.7 Å². The lowest BCUT2D eigenvalue weighted by atomic mass is 10.3. The van der Waals surface area contributed by atoms with E-state index in [9.17, 15) is 0 Å². The van der Waals surface area contributed by atoms with Gasteiger partial charge in [0.05, 0.1) is 10.2 Å². The second kappa shape index (κ2) is 4.58. The topological polar surface area (TPSA) is 29.0 Å². The molecule has 0 amide bonds. The average molecular weight is 287 g/mol. The van der Waals surface area contributed by atoms with Crippen LogP contribution in [0.25, 0.3) is 10.2 Å². The second-order valence-corrected chi connectivity index (χ2v) is 6.52. The standard InChI is InChI=1S/C14H13N3S2/c1-2-11(1)17(7-10-3-5-18-8-10)14-13-12(4-6-19-13)15-9-16-14/h3-6,8-9,11H,1-2,7H2. The molecule has 0 N–H and O–H groups in total. The van der Waals surface area contributed by atoms with Crippen LogP contribution >= 0.6 is 22.7 Å². The smallest absolute Gasteiger partial charge is 0.150 e. The maximum absolute atomic E-state index is 4.55. The Hall–Kier alpha value is -1.46. The van der Waals surface area contributed by atoms with Gasteiger partial charge in [0, 0.05) is 12.6 Å². The van der Waals surface area contributed by atoms with E-state index in [2.05, 4.69) is 43.1 Å². The number of thiophene rings is 2. The molecule has 3 aromatic heterocycles. The molecule has 0 aromatic carbocycles. The molecule has 1 saturated carbocycles. The summed E-state index contributed by atoms with van der Waals surface area (Å²) in [6, 6.07) is 4.92. The molecule has 0 bridgehead atoms. The first kappa shape index (κ1) is 11.4. The van der Waals surface area contributed by atoms with Crippen molar-refractivity contribution < 1.29 is 0 Å². The lowest BCUT2D eigenvalue weighted by Crippen LogP contribution is -2.25. The van der Waals surface area contributed by atoms with Crippen molar-refractivity contribution in [2.45, 2.75) is 25.4 Å². The summed E-state index contributed by atoms with van der Waals surface area (Å²) >= 11 is 3.49. The fourth-order valence-corrected chi connectivity index (χ4v) is 3.83. The number of fused-ring (bicyclic) bond motifs is 1. The molecule has 19 heavy (non-hydrogen) atoms. The molecule has 0 atom stereocenters. The molecule has 96 valence electrons. The molecule has 3 heterocycles. The van der Waals surface area contributed by atoms with E-state index in [1.165, 1.54) is 23.1 Å². The normalized spacial score (nSPS) is 14.9. The molecule has 3 nitrogen and oxygen atoms in total. The first-order valence-electron chi connectivity index (χ1n) is 6.38. The van der Waals surface area contributed by atoms with Crippen LogP contribution in [0, 0.1) is 0 Å². The summed E-state index contributed by atoms with van der Waals surface area (Å²) in [6.45, 7) is 0.957. The lowest BCUT2D eigenvalue weighted by molar-refractivity contribution is 0.784. The minimum Gasteiger partial charge on any atom is -0.348 e. The highest BCUT2D eigenvalue weighted by Crippen LogP contribution is 2.37. The maximum Gasteiger partial charge on any atom is 0.150 e. The maximum atomic E-state index is 4.55. The predicted octanol–water partition coefficient (Wildman–Crippen LogP) is 3.92. The average Bonchev–Trinajstić information content (AvgIpc) is 2.95. The summed E-state index contributed by atoms with van der Waals surface area (Å²) in [5.41, 5.74) is 2.44. The molecule has 0 saturated heterocycles. The van der Waals surface area contributed by atoms with Gasteiger partial charge in [-0.25, -0.2) is 9.97 Å². The van der Waals surface area contributed by atoms with E-state index in [0.717, 1.165) is 17.9 Å². The first-order valence-corrected chi connectivity index (χ1v) is 8.20. The van der Waals surface area contributed by atoms with Crippen LogP contribution < -0.4 is 4.90 Å². The summed E-state index contributed by atoms with van der Waals surface area (Å²) in [5.74, 6) is 1.11. The van der Waals surface area contributed by atoms with Crippen LogP contribution in [0.1, 0.15) is 18.4 Å². The van der Waals surface area contributed by atoms with Gasteiger partial charge in [-0.3, -0.25) is 0 Å². The summed E-state index contributed by atoms with van der Waals surface area (Å²) in [4.78, 5) is 11.3. The van der Waals surface area contributed by atoms with Crippen LogP contribution in [0.2, 0.25) is 0 Å². The van der Waals surface area contributed by atoms with Crippen molar-refractivity contribution in [3.63, 3.8) is 0 Å². The van der Waals surface area contributed by atoms with Crippen molar-refractivity contribution in [3.8, 4) is 0 Å². The van der Waals surface area contributed by atoms with E-state index >= 15 is 0 Å².